The number of nitrogens with zero attached hydrogens (tertiary/aromatic N) is 3. The highest BCUT2D eigenvalue weighted by Gasteiger charge is 2.30. The summed E-state index contributed by atoms with van der Waals surface area (Å²) in [4.78, 5) is 9.83. The second kappa shape index (κ2) is 6.14. The van der Waals surface area contributed by atoms with Gasteiger partial charge in [0.1, 0.15) is 0 Å². The maximum atomic E-state index is 12.4. The molecule has 118 valence electrons. The normalized spacial score (nSPS) is 13.1. The minimum absolute atomic E-state index is 0.00879. The van der Waals surface area contributed by atoms with Crippen molar-refractivity contribution in [1.29, 1.82) is 0 Å². The van der Waals surface area contributed by atoms with Crippen LogP contribution in [-0.4, -0.2) is 25.9 Å². The number of nitro groups is 1. The molecule has 0 saturated carbocycles. The lowest BCUT2D eigenvalue weighted by atomic mass is 10.1. The predicted octanol–water partition coefficient (Wildman–Crippen LogP) is 2.41. The molecule has 6 nitrogen and oxygen atoms in total. The minimum atomic E-state index is -4.40. The van der Waals surface area contributed by atoms with Gasteiger partial charge in [-0.25, -0.2) is 0 Å². The van der Waals surface area contributed by atoms with Crippen LogP contribution in [0.5, 0.6) is 0 Å². The fraction of sp³-hybridized carbons (Fsp3) is 0.308. The number of aliphatic hydroxyl groups is 1. The fourth-order valence-corrected chi connectivity index (χ4v) is 1.93. The Morgan fingerprint density at radius 2 is 1.91 bits per heavy atom. The van der Waals surface area contributed by atoms with E-state index in [0.717, 1.165) is 12.1 Å². The average Bonchev–Trinajstić information content (AvgIpc) is 2.86. The molecule has 2 aromatic rings. The third kappa shape index (κ3) is 4.04. The fourth-order valence-electron chi connectivity index (χ4n) is 1.93. The Hall–Kier alpha value is -2.42. The van der Waals surface area contributed by atoms with Gasteiger partial charge in [-0.1, -0.05) is 12.1 Å². The highest BCUT2D eigenvalue weighted by Crippen LogP contribution is 2.29. The molecule has 0 spiro atoms. The Morgan fingerprint density at radius 3 is 2.41 bits per heavy atom. The standard InChI is InChI=1S/C13H12F3N3O3/c14-13(15,16)10-3-1-9(2-4-10)7-11(20)8-18-6-5-12(17-18)19(21)22/h1-6,11,20H,7-8H2. The maximum Gasteiger partial charge on any atom is 0.416 e. The molecule has 1 unspecified atom stereocenters. The van der Waals surface area contributed by atoms with Crippen LogP contribution in [0.15, 0.2) is 36.5 Å². The summed E-state index contributed by atoms with van der Waals surface area (Å²) in [5.41, 5.74) is -0.226. The van der Waals surface area contributed by atoms with Crippen LogP contribution in [0.25, 0.3) is 0 Å². The van der Waals surface area contributed by atoms with E-state index in [-0.39, 0.29) is 18.8 Å². The number of hydrogen-bond acceptors (Lipinski definition) is 4. The van der Waals surface area contributed by atoms with Crippen molar-refractivity contribution in [1.82, 2.24) is 9.78 Å². The number of hydrogen-bond donors (Lipinski definition) is 1. The molecule has 2 rings (SSSR count). The summed E-state index contributed by atoms with van der Waals surface area (Å²) in [5.74, 6) is -0.332. The zero-order chi connectivity index (χ0) is 16.3. The van der Waals surface area contributed by atoms with Crippen molar-refractivity contribution in [2.24, 2.45) is 0 Å². The highest BCUT2D eigenvalue weighted by molar-refractivity contribution is 5.25. The average molecular weight is 315 g/mol. The molecule has 1 N–H and O–H groups in total. The van der Waals surface area contributed by atoms with Gasteiger partial charge in [0.05, 0.1) is 35.6 Å². The molecule has 1 heterocycles. The smallest absolute Gasteiger partial charge is 0.391 e. The van der Waals surface area contributed by atoms with Crippen LogP contribution in [0.1, 0.15) is 11.1 Å². The number of aliphatic hydroxyl groups excluding tert-OH is 1. The van der Waals surface area contributed by atoms with E-state index in [1.54, 1.807) is 0 Å². The highest BCUT2D eigenvalue weighted by atomic mass is 19.4. The second-order valence-electron chi connectivity index (χ2n) is 4.71. The van der Waals surface area contributed by atoms with Crippen LogP contribution in [0.2, 0.25) is 0 Å². The van der Waals surface area contributed by atoms with Crippen LogP contribution >= 0.6 is 0 Å². The van der Waals surface area contributed by atoms with Crippen LogP contribution in [0.4, 0.5) is 19.0 Å². The number of rotatable bonds is 5. The topological polar surface area (TPSA) is 81.2 Å². The van der Waals surface area contributed by atoms with E-state index >= 15 is 0 Å². The van der Waals surface area contributed by atoms with E-state index in [2.05, 4.69) is 5.10 Å². The predicted molar refractivity (Wildman–Crippen MR) is 70.0 cm³/mol. The van der Waals surface area contributed by atoms with Gasteiger partial charge in [0.25, 0.3) is 0 Å². The van der Waals surface area contributed by atoms with Crippen LogP contribution in [0, 0.1) is 10.1 Å². The van der Waals surface area contributed by atoms with Gasteiger partial charge >= 0.3 is 12.0 Å². The summed E-state index contributed by atoms with van der Waals surface area (Å²) in [6.45, 7) is 0.00879. The van der Waals surface area contributed by atoms with Crippen molar-refractivity contribution in [2.75, 3.05) is 0 Å². The minimum Gasteiger partial charge on any atom is -0.391 e. The Bertz CT molecular complexity index is 653. The second-order valence-corrected chi connectivity index (χ2v) is 4.71. The van der Waals surface area contributed by atoms with Gasteiger partial charge in [-0.05, 0) is 22.6 Å². The molecule has 9 heteroatoms. The van der Waals surface area contributed by atoms with Crippen LogP contribution < -0.4 is 0 Å². The van der Waals surface area contributed by atoms with Crippen molar-refractivity contribution in [3.63, 3.8) is 0 Å². The zero-order valence-corrected chi connectivity index (χ0v) is 11.2. The summed E-state index contributed by atoms with van der Waals surface area (Å²) < 4.78 is 38.5. The lowest BCUT2D eigenvalue weighted by molar-refractivity contribution is -0.389. The van der Waals surface area contributed by atoms with Crippen molar-refractivity contribution < 1.29 is 23.2 Å². The van der Waals surface area contributed by atoms with E-state index in [1.807, 2.05) is 0 Å². The van der Waals surface area contributed by atoms with E-state index < -0.39 is 22.8 Å². The zero-order valence-electron chi connectivity index (χ0n) is 11.2. The molecule has 22 heavy (non-hydrogen) atoms. The van der Waals surface area contributed by atoms with E-state index in [9.17, 15) is 28.4 Å². The molecule has 0 amide bonds. The summed E-state index contributed by atoms with van der Waals surface area (Å²) in [5, 5.41) is 24.0. The van der Waals surface area contributed by atoms with Crippen LogP contribution in [0.3, 0.4) is 0 Å². The summed E-state index contributed by atoms with van der Waals surface area (Å²) in [7, 11) is 0. The van der Waals surface area contributed by atoms with Gasteiger partial charge in [0.2, 0.25) is 0 Å². The van der Waals surface area contributed by atoms with Gasteiger partial charge < -0.3 is 15.2 Å². The van der Waals surface area contributed by atoms with Crippen LogP contribution in [-0.2, 0) is 19.1 Å². The molecule has 1 aromatic carbocycles. The summed E-state index contributed by atoms with van der Waals surface area (Å²) >= 11 is 0. The molecule has 0 bridgehead atoms. The van der Waals surface area contributed by atoms with E-state index in [4.69, 9.17) is 0 Å². The Labute approximate surface area is 122 Å². The number of alkyl halides is 3. The van der Waals surface area contributed by atoms with Gasteiger partial charge in [-0.15, -0.1) is 0 Å². The Kier molecular flexibility index (Phi) is 4.45. The molecule has 1 atom stereocenters. The lowest BCUT2D eigenvalue weighted by Crippen LogP contribution is -2.19. The quantitative estimate of drug-likeness (QED) is 0.678. The largest absolute Gasteiger partial charge is 0.416 e. The summed E-state index contributed by atoms with van der Waals surface area (Å²) in [6.07, 6.45) is -3.85. The number of benzene rings is 1. The third-order valence-corrected chi connectivity index (χ3v) is 2.96. The van der Waals surface area contributed by atoms with Gasteiger partial charge in [0.15, 0.2) is 0 Å². The van der Waals surface area contributed by atoms with Gasteiger partial charge in [-0.2, -0.15) is 17.9 Å². The lowest BCUT2D eigenvalue weighted by Gasteiger charge is -2.10. The van der Waals surface area contributed by atoms with E-state index in [0.29, 0.717) is 5.56 Å². The van der Waals surface area contributed by atoms with Gasteiger partial charge in [-0.3, -0.25) is 0 Å². The molecular weight excluding hydrogens is 303 g/mol. The monoisotopic (exact) mass is 315 g/mol. The first-order valence-electron chi connectivity index (χ1n) is 6.28. The van der Waals surface area contributed by atoms with Crippen molar-refractivity contribution in [2.45, 2.75) is 25.2 Å². The van der Waals surface area contributed by atoms with Gasteiger partial charge in [0, 0.05) is 6.42 Å². The third-order valence-electron chi connectivity index (χ3n) is 2.96. The molecule has 0 aliphatic carbocycles. The first kappa shape index (κ1) is 16.0. The molecule has 0 aliphatic heterocycles. The van der Waals surface area contributed by atoms with Crippen molar-refractivity contribution >= 4 is 5.82 Å². The van der Waals surface area contributed by atoms with E-state index in [1.165, 1.54) is 29.1 Å². The molecule has 0 radical (unpaired) electrons. The molecule has 0 aliphatic rings. The Balaban J connectivity index is 1.96. The SMILES string of the molecule is O=[N+]([O-])c1ccn(CC(O)Cc2ccc(C(F)(F)F)cc2)n1. The molecule has 0 saturated heterocycles. The number of aromatic nitrogens is 2. The molecule has 0 fully saturated rings. The van der Waals surface area contributed by atoms with Crippen molar-refractivity contribution in [3.8, 4) is 0 Å². The Morgan fingerprint density at radius 1 is 1.27 bits per heavy atom. The first-order chi connectivity index (χ1) is 10.3. The molecule has 1 aromatic heterocycles. The maximum absolute atomic E-state index is 12.4. The number of halogens is 3. The van der Waals surface area contributed by atoms with Crippen molar-refractivity contribution in [3.05, 3.63) is 57.8 Å². The summed E-state index contributed by atoms with van der Waals surface area (Å²) in [6, 6.07) is 5.67. The first-order valence-corrected chi connectivity index (χ1v) is 6.28. The molecular formula is C13H12F3N3O3.